The maximum absolute atomic E-state index is 13.0. The Morgan fingerprint density at radius 2 is 1.55 bits per heavy atom. The highest BCUT2D eigenvalue weighted by Gasteiger charge is 2.70. The second-order valence-corrected chi connectivity index (χ2v) is 7.84. The molecule has 0 aliphatic heterocycles. The summed E-state index contributed by atoms with van der Waals surface area (Å²) in [5.74, 6) is -1.78. The number of fused-ring (bicyclic) bond motifs is 1. The summed E-state index contributed by atoms with van der Waals surface area (Å²) in [6.45, 7) is 10.4. The molecule has 0 aromatic heterocycles. The number of hydrogen-bond acceptors (Lipinski definition) is 4. The fourth-order valence-corrected chi connectivity index (χ4v) is 5.19. The van der Waals surface area contributed by atoms with Crippen LogP contribution in [0.2, 0.25) is 0 Å². The number of carbonyl (C=O) groups excluding carboxylic acids is 2. The molecular formula is C18H24O4. The average Bonchev–Trinajstić information content (AvgIpc) is 2.42. The van der Waals surface area contributed by atoms with Crippen LogP contribution in [0, 0.1) is 23.2 Å². The van der Waals surface area contributed by atoms with Crippen LogP contribution in [0.3, 0.4) is 0 Å². The van der Waals surface area contributed by atoms with Crippen molar-refractivity contribution in [1.29, 1.82) is 0 Å². The lowest BCUT2D eigenvalue weighted by Crippen LogP contribution is -2.71. The van der Waals surface area contributed by atoms with Gasteiger partial charge in [0.2, 0.25) is 0 Å². The van der Waals surface area contributed by atoms with E-state index >= 15 is 0 Å². The molecule has 1 fully saturated rings. The molecule has 2 N–H and O–H groups in total. The van der Waals surface area contributed by atoms with Crippen molar-refractivity contribution in [2.75, 3.05) is 0 Å². The molecule has 0 unspecified atom stereocenters. The molecular weight excluding hydrogens is 280 g/mol. The van der Waals surface area contributed by atoms with Gasteiger partial charge in [0.1, 0.15) is 11.2 Å². The Bertz CT molecular complexity index is 665. The zero-order valence-corrected chi connectivity index (χ0v) is 14.0. The lowest BCUT2D eigenvalue weighted by molar-refractivity contribution is -0.188. The van der Waals surface area contributed by atoms with E-state index < -0.39 is 28.5 Å². The van der Waals surface area contributed by atoms with Crippen molar-refractivity contribution < 1.29 is 19.8 Å². The largest absolute Gasteiger partial charge is 0.382 e. The van der Waals surface area contributed by atoms with Gasteiger partial charge in [-0.1, -0.05) is 17.2 Å². The first kappa shape index (κ1) is 15.6. The molecule has 0 heterocycles. The normalized spacial score (nSPS) is 51.1. The summed E-state index contributed by atoms with van der Waals surface area (Å²) < 4.78 is 0. The van der Waals surface area contributed by atoms with E-state index in [1.807, 2.05) is 26.8 Å². The number of ketones is 2. The van der Waals surface area contributed by atoms with E-state index in [-0.39, 0.29) is 17.5 Å². The first-order valence-corrected chi connectivity index (χ1v) is 7.80. The smallest absolute Gasteiger partial charge is 0.190 e. The number of hydrogen-bond donors (Lipinski definition) is 2. The van der Waals surface area contributed by atoms with Gasteiger partial charge in [-0.2, -0.15) is 0 Å². The Hall–Kier alpha value is -1.26. The average molecular weight is 304 g/mol. The summed E-state index contributed by atoms with van der Waals surface area (Å²) in [5, 5.41) is 21.7. The van der Waals surface area contributed by atoms with Crippen molar-refractivity contribution in [2.24, 2.45) is 23.2 Å². The summed E-state index contributed by atoms with van der Waals surface area (Å²) >= 11 is 0. The molecule has 0 radical (unpaired) electrons. The van der Waals surface area contributed by atoms with E-state index in [0.29, 0.717) is 5.57 Å². The van der Waals surface area contributed by atoms with Gasteiger partial charge in [0, 0.05) is 17.8 Å². The summed E-state index contributed by atoms with van der Waals surface area (Å²) in [4.78, 5) is 25.5. The highest BCUT2D eigenvalue weighted by molar-refractivity contribution is 6.05. The molecule has 0 aromatic rings. The van der Waals surface area contributed by atoms with E-state index in [9.17, 15) is 19.8 Å². The van der Waals surface area contributed by atoms with Crippen LogP contribution in [0.4, 0.5) is 0 Å². The molecule has 0 saturated heterocycles. The third-order valence-corrected chi connectivity index (χ3v) is 6.70. The molecule has 4 heteroatoms. The number of aliphatic hydroxyl groups is 2. The Kier molecular flexibility index (Phi) is 2.83. The molecule has 2 bridgehead atoms. The molecule has 4 aliphatic carbocycles. The Balaban J connectivity index is 2.37. The molecule has 4 aliphatic rings. The Morgan fingerprint density at radius 1 is 1.00 bits per heavy atom. The van der Waals surface area contributed by atoms with E-state index in [1.165, 1.54) is 13.8 Å². The molecule has 0 spiro atoms. The monoisotopic (exact) mass is 304 g/mol. The predicted octanol–water partition coefficient (Wildman–Crippen LogP) is 1.81. The minimum atomic E-state index is -1.57. The van der Waals surface area contributed by atoms with Crippen LogP contribution < -0.4 is 0 Å². The van der Waals surface area contributed by atoms with Crippen molar-refractivity contribution in [2.45, 2.75) is 52.7 Å². The Labute approximate surface area is 130 Å². The van der Waals surface area contributed by atoms with Crippen molar-refractivity contribution in [3.63, 3.8) is 0 Å². The molecule has 1 saturated carbocycles. The third-order valence-electron chi connectivity index (χ3n) is 6.70. The maximum atomic E-state index is 13.0. The van der Waals surface area contributed by atoms with Gasteiger partial charge in [-0.05, 0) is 47.1 Å². The standard InChI is InChI=1S/C18H24O4/c1-8-7-11-13-12(16(8,4)15(20)17(11,5)21)9(2)10(3)14(19)18(13,6)22/h7,11-13,21-22H,1-6H3/t11-,12+,13+,16+,17+,18+/m1/s1. The fraction of sp³-hybridized carbons (Fsp3) is 0.667. The van der Waals surface area contributed by atoms with Gasteiger partial charge >= 0.3 is 0 Å². The van der Waals surface area contributed by atoms with Crippen LogP contribution in [-0.4, -0.2) is 33.0 Å². The van der Waals surface area contributed by atoms with Gasteiger partial charge in [0.05, 0.1) is 5.41 Å². The number of Topliss-reactive ketones (excluding diaryl/α,β-unsaturated/α-hetero) is 2. The summed E-state index contributed by atoms with van der Waals surface area (Å²) in [6, 6.07) is 0. The van der Waals surface area contributed by atoms with Gasteiger partial charge in [-0.25, -0.2) is 0 Å². The van der Waals surface area contributed by atoms with E-state index in [1.54, 1.807) is 6.92 Å². The second kappa shape index (κ2) is 3.98. The molecule has 0 amide bonds. The van der Waals surface area contributed by atoms with Crippen molar-refractivity contribution in [3.8, 4) is 0 Å². The first-order chi connectivity index (χ1) is 9.89. The topological polar surface area (TPSA) is 74.6 Å². The van der Waals surface area contributed by atoms with Crippen molar-refractivity contribution in [1.82, 2.24) is 0 Å². The van der Waals surface area contributed by atoms with E-state index in [4.69, 9.17) is 0 Å². The number of allylic oxidation sites excluding steroid dienone is 2. The van der Waals surface area contributed by atoms with Gasteiger partial charge in [-0.3, -0.25) is 9.59 Å². The summed E-state index contributed by atoms with van der Waals surface area (Å²) in [7, 11) is 0. The second-order valence-electron chi connectivity index (χ2n) is 7.84. The maximum Gasteiger partial charge on any atom is 0.190 e. The summed E-state index contributed by atoms with van der Waals surface area (Å²) in [5.41, 5.74) is -1.66. The quantitative estimate of drug-likeness (QED) is 0.669. The van der Waals surface area contributed by atoms with Crippen molar-refractivity contribution in [3.05, 3.63) is 22.8 Å². The molecule has 6 atom stereocenters. The highest BCUT2D eigenvalue weighted by Crippen LogP contribution is 2.64. The Morgan fingerprint density at radius 3 is 2.09 bits per heavy atom. The molecule has 120 valence electrons. The van der Waals surface area contributed by atoms with E-state index in [0.717, 1.165) is 11.1 Å². The molecule has 4 rings (SSSR count). The zero-order chi connectivity index (χ0) is 16.8. The fourth-order valence-electron chi connectivity index (χ4n) is 5.19. The van der Waals surface area contributed by atoms with Gasteiger partial charge in [0.15, 0.2) is 11.6 Å². The number of rotatable bonds is 0. The van der Waals surface area contributed by atoms with Crippen LogP contribution in [0.15, 0.2) is 22.8 Å². The van der Waals surface area contributed by atoms with Gasteiger partial charge in [-0.15, -0.1) is 0 Å². The minimum Gasteiger partial charge on any atom is -0.382 e. The van der Waals surface area contributed by atoms with Crippen molar-refractivity contribution >= 4 is 11.6 Å². The van der Waals surface area contributed by atoms with E-state index in [2.05, 4.69) is 0 Å². The van der Waals surface area contributed by atoms with Gasteiger partial charge < -0.3 is 10.2 Å². The molecule has 22 heavy (non-hydrogen) atoms. The summed E-state index contributed by atoms with van der Waals surface area (Å²) in [6.07, 6.45) is 1.89. The number of carbonyl (C=O) groups is 2. The lowest BCUT2D eigenvalue weighted by atomic mass is 9.41. The van der Waals surface area contributed by atoms with Crippen LogP contribution in [0.1, 0.15) is 41.5 Å². The molecule has 0 aromatic carbocycles. The third kappa shape index (κ3) is 1.41. The minimum absolute atomic E-state index is 0.205. The first-order valence-electron chi connectivity index (χ1n) is 7.80. The van der Waals surface area contributed by atoms with Crippen LogP contribution in [0.5, 0.6) is 0 Å². The molecule has 4 nitrogen and oxygen atoms in total. The zero-order valence-electron chi connectivity index (χ0n) is 14.0. The SMILES string of the molecule is CC1=C[C@@H]2[C@H]3[C@H](C(C)=C(C)C(=O)[C@@]3(C)O)[C@@]1(C)C(=O)[C@@]2(C)O. The predicted molar refractivity (Wildman–Crippen MR) is 82.0 cm³/mol. The van der Waals surface area contributed by atoms with Crippen LogP contribution >= 0.6 is 0 Å². The highest BCUT2D eigenvalue weighted by atomic mass is 16.3. The van der Waals surface area contributed by atoms with Crippen LogP contribution in [0.25, 0.3) is 0 Å². The lowest BCUT2D eigenvalue weighted by Gasteiger charge is -2.62. The van der Waals surface area contributed by atoms with Gasteiger partial charge in [0.25, 0.3) is 0 Å². The van der Waals surface area contributed by atoms with Crippen LogP contribution in [-0.2, 0) is 9.59 Å².